The number of carboxylic acid groups (broad SMARTS) is 4. The fourth-order valence-electron chi connectivity index (χ4n) is 3.38. The van der Waals surface area contributed by atoms with Crippen LogP contribution in [0.25, 0.3) is 0 Å². The van der Waals surface area contributed by atoms with E-state index in [1.54, 1.807) is 23.2 Å². The van der Waals surface area contributed by atoms with Crippen molar-refractivity contribution in [1.29, 1.82) is 0 Å². The number of carboxylic acids is 4. The third-order valence-corrected chi connectivity index (χ3v) is 5.00. The topological polar surface area (TPSA) is 206 Å². The first-order chi connectivity index (χ1) is 16.6. The van der Waals surface area contributed by atoms with Crippen LogP contribution < -0.4 is 10.6 Å². The Labute approximate surface area is 221 Å². The number of unbranched alkanes of at least 4 members (excludes halogenated alkanes) is 2. The quantitative estimate of drug-likeness (QED) is 0.120. The molecule has 0 spiro atoms. The molecule has 0 bridgehead atoms. The second kappa shape index (κ2) is 18.2. The zero-order valence-electron chi connectivity index (χ0n) is 19.6. The van der Waals surface area contributed by atoms with Crippen LogP contribution in [0.5, 0.6) is 0 Å². The van der Waals surface area contributed by atoms with Gasteiger partial charge in [0.2, 0.25) is 0 Å². The number of nitrogens with one attached hydrogen (secondary N) is 2. The zero-order valence-corrected chi connectivity index (χ0v) is 22.4. The van der Waals surface area contributed by atoms with Crippen LogP contribution in [0, 0.1) is 0 Å². The Balaban J connectivity index is 0.0000122. The molecule has 0 saturated heterocycles. The summed E-state index contributed by atoms with van der Waals surface area (Å²) in [5, 5.41) is 40.7. The molecular formula is C22H32N4O9Re. The summed E-state index contributed by atoms with van der Waals surface area (Å²) in [5.74, 6) is -4.70. The van der Waals surface area contributed by atoms with Crippen LogP contribution in [0.1, 0.15) is 50.6 Å². The molecule has 1 radical (unpaired) electrons. The van der Waals surface area contributed by atoms with Gasteiger partial charge in [-0.3, -0.25) is 24.3 Å². The maximum atomic E-state index is 12.2. The average molecular weight is 683 g/mol. The number of nitrogens with zero attached hydrogens (tertiary/aromatic N) is 2. The van der Waals surface area contributed by atoms with Crippen molar-refractivity contribution in [3.05, 3.63) is 30.1 Å². The summed E-state index contributed by atoms with van der Waals surface area (Å²) in [6, 6.07) is 2.32. The summed E-state index contributed by atoms with van der Waals surface area (Å²) in [6.45, 7) is 0.722. The number of hydrogen-bond acceptors (Lipinski definition) is 7. The van der Waals surface area contributed by atoms with Gasteiger partial charge in [0.15, 0.2) is 0 Å². The number of rotatable bonds is 18. The molecule has 1 aromatic heterocycles. The number of urea groups is 1. The van der Waals surface area contributed by atoms with Crippen LogP contribution in [0.3, 0.4) is 0 Å². The number of carbonyl (C=O) groups excluding carboxylic acids is 1. The van der Waals surface area contributed by atoms with Crippen LogP contribution in [-0.2, 0) is 46.1 Å². The number of carbonyl (C=O) groups is 5. The second-order valence-corrected chi connectivity index (χ2v) is 8.01. The van der Waals surface area contributed by atoms with E-state index in [2.05, 4.69) is 15.6 Å². The molecule has 0 fully saturated rings. The Morgan fingerprint density at radius 2 is 1.61 bits per heavy atom. The summed E-state index contributed by atoms with van der Waals surface area (Å²) in [4.78, 5) is 62.3. The first kappa shape index (κ1) is 32.9. The third-order valence-electron chi connectivity index (χ3n) is 5.00. The molecule has 6 N–H and O–H groups in total. The summed E-state index contributed by atoms with van der Waals surface area (Å²) in [7, 11) is 0. The normalized spacial score (nSPS) is 12.1. The Bertz CT molecular complexity index is 857. The second-order valence-electron chi connectivity index (χ2n) is 8.01. The van der Waals surface area contributed by atoms with Gasteiger partial charge in [0.1, 0.15) is 6.04 Å². The van der Waals surface area contributed by atoms with Gasteiger partial charge in [-0.1, -0.05) is 18.9 Å². The molecule has 0 aliphatic heterocycles. The van der Waals surface area contributed by atoms with E-state index >= 15 is 0 Å². The van der Waals surface area contributed by atoms with Crippen LogP contribution in [0.2, 0.25) is 0 Å². The first-order valence-electron chi connectivity index (χ1n) is 11.1. The molecule has 201 valence electrons. The van der Waals surface area contributed by atoms with Gasteiger partial charge in [0, 0.05) is 45.6 Å². The van der Waals surface area contributed by atoms with E-state index in [1.807, 2.05) is 6.07 Å². The molecule has 0 aromatic carbocycles. The van der Waals surface area contributed by atoms with E-state index in [9.17, 15) is 24.0 Å². The van der Waals surface area contributed by atoms with Crippen molar-refractivity contribution in [2.75, 3.05) is 13.1 Å². The summed E-state index contributed by atoms with van der Waals surface area (Å²) in [6.07, 6.45) is 2.64. The molecule has 13 nitrogen and oxygen atoms in total. The Kier molecular flexibility index (Phi) is 16.7. The van der Waals surface area contributed by atoms with Crippen LogP contribution >= 0.6 is 0 Å². The van der Waals surface area contributed by atoms with Gasteiger partial charge in [-0.05, 0) is 37.9 Å². The molecule has 36 heavy (non-hydrogen) atoms. The number of hydrogen-bond donors (Lipinski definition) is 6. The maximum absolute atomic E-state index is 12.2. The fraction of sp³-hybridized carbons (Fsp3) is 0.545. The number of amides is 2. The molecule has 2 atom stereocenters. The predicted octanol–water partition coefficient (Wildman–Crippen LogP) is 0.987. The van der Waals surface area contributed by atoms with E-state index in [0.29, 0.717) is 38.8 Å². The summed E-state index contributed by atoms with van der Waals surface area (Å²) < 4.78 is 0. The van der Waals surface area contributed by atoms with Gasteiger partial charge in [-0.15, -0.1) is 0 Å². The number of pyridine rings is 1. The predicted molar refractivity (Wildman–Crippen MR) is 122 cm³/mol. The van der Waals surface area contributed by atoms with Gasteiger partial charge < -0.3 is 31.1 Å². The summed E-state index contributed by atoms with van der Waals surface area (Å²) >= 11 is 0. The van der Waals surface area contributed by atoms with E-state index in [0.717, 1.165) is 5.69 Å². The van der Waals surface area contributed by atoms with Crippen molar-refractivity contribution < 1.29 is 64.8 Å². The molecule has 2 amide bonds. The van der Waals surface area contributed by atoms with Crippen molar-refractivity contribution in [3.63, 3.8) is 0 Å². The number of aromatic nitrogens is 1. The van der Waals surface area contributed by atoms with Gasteiger partial charge in [0.25, 0.3) is 0 Å². The van der Waals surface area contributed by atoms with E-state index in [4.69, 9.17) is 20.4 Å². The van der Waals surface area contributed by atoms with E-state index in [1.165, 1.54) is 0 Å². The van der Waals surface area contributed by atoms with Crippen LogP contribution in [0.4, 0.5) is 4.79 Å². The monoisotopic (exact) mass is 683 g/mol. The smallest absolute Gasteiger partial charge is 0.326 e. The SMILES string of the molecule is O=C(O)CC[C@H](NC(=O)N[C@@H](CCCCCN(CC(=O)O)Cc1ccccn1)CC(=O)O)C(=O)O.[Re]. The fourth-order valence-corrected chi connectivity index (χ4v) is 3.38. The van der Waals surface area contributed by atoms with Gasteiger partial charge in [-0.2, -0.15) is 0 Å². The largest absolute Gasteiger partial charge is 0.481 e. The van der Waals surface area contributed by atoms with Crippen molar-refractivity contribution >= 4 is 29.9 Å². The van der Waals surface area contributed by atoms with Crippen molar-refractivity contribution in [2.45, 2.75) is 63.6 Å². The van der Waals surface area contributed by atoms with Gasteiger partial charge >= 0.3 is 29.9 Å². The van der Waals surface area contributed by atoms with Gasteiger partial charge in [0.05, 0.1) is 18.7 Å². The molecule has 1 rings (SSSR count). The number of aliphatic carboxylic acids is 4. The molecule has 14 heteroatoms. The zero-order chi connectivity index (χ0) is 26.2. The molecule has 0 aliphatic carbocycles. The Hall–Kier alpha value is -3.08. The molecule has 0 saturated carbocycles. The molecular weight excluding hydrogens is 650 g/mol. The van der Waals surface area contributed by atoms with Crippen molar-refractivity contribution in [1.82, 2.24) is 20.5 Å². The van der Waals surface area contributed by atoms with Crippen molar-refractivity contribution in [2.24, 2.45) is 0 Å². The minimum Gasteiger partial charge on any atom is -0.481 e. The van der Waals surface area contributed by atoms with Crippen LogP contribution in [-0.4, -0.2) is 85.4 Å². The first-order valence-corrected chi connectivity index (χ1v) is 11.1. The minimum atomic E-state index is -1.42. The molecule has 1 aromatic rings. The van der Waals surface area contributed by atoms with Gasteiger partial charge in [-0.25, -0.2) is 9.59 Å². The molecule has 1 heterocycles. The van der Waals surface area contributed by atoms with E-state index < -0.39 is 48.4 Å². The van der Waals surface area contributed by atoms with Crippen molar-refractivity contribution in [3.8, 4) is 0 Å². The maximum Gasteiger partial charge on any atom is 0.326 e. The minimum absolute atomic E-state index is 0. The summed E-state index contributed by atoms with van der Waals surface area (Å²) in [5.41, 5.74) is 0.744. The average Bonchev–Trinajstić information content (AvgIpc) is 2.75. The van der Waals surface area contributed by atoms with E-state index in [-0.39, 0.29) is 39.8 Å². The molecule has 0 unspecified atom stereocenters. The third kappa shape index (κ3) is 15.8. The Morgan fingerprint density at radius 1 is 0.889 bits per heavy atom. The van der Waals surface area contributed by atoms with Crippen LogP contribution in [0.15, 0.2) is 24.4 Å². The Morgan fingerprint density at radius 3 is 2.17 bits per heavy atom. The molecule has 0 aliphatic rings. The standard InChI is InChI=1S/C22H32N4O9.Re/c27-18(28)9-8-17(21(33)34)25-22(35)24-15(12-19(29)30)6-2-1-5-11-26(14-20(31)32)13-16-7-3-4-10-23-16;/h3-4,7,10,15,17H,1-2,5-6,8-9,11-14H2,(H,27,28)(H,29,30)(H,31,32)(H,33,34)(H2,24,25,35);/t15-,17-;/m0./s1.